The second-order valence-electron chi connectivity index (χ2n) is 4.89. The first-order valence-corrected chi connectivity index (χ1v) is 6.61. The number of nitro groups is 1. The molecule has 0 aromatic heterocycles. The van der Waals surface area contributed by atoms with E-state index < -0.39 is 0 Å². The summed E-state index contributed by atoms with van der Waals surface area (Å²) in [6, 6.07) is 13.6. The van der Waals surface area contributed by atoms with E-state index in [1.807, 2.05) is 12.1 Å². The smallest absolute Gasteiger partial charge is 0.295 e. The first-order chi connectivity index (χ1) is 9.58. The largest absolute Gasteiger partial charge is 0.379 e. The predicted octanol–water partition coefficient (Wildman–Crippen LogP) is 3.87. The maximum absolute atomic E-state index is 11.1. The fraction of sp³-hybridized carbons (Fsp3) is 0.250. The van der Waals surface area contributed by atoms with Gasteiger partial charge in [0.05, 0.1) is 4.92 Å². The molecule has 20 heavy (non-hydrogen) atoms. The molecule has 0 spiro atoms. The highest BCUT2D eigenvalue weighted by molar-refractivity contribution is 5.65. The van der Waals surface area contributed by atoms with Crippen molar-refractivity contribution >= 4 is 11.4 Å². The van der Waals surface area contributed by atoms with Crippen molar-refractivity contribution < 1.29 is 4.92 Å². The van der Waals surface area contributed by atoms with Crippen LogP contribution in [0.3, 0.4) is 0 Å². The first-order valence-electron chi connectivity index (χ1n) is 6.61. The average molecular weight is 270 g/mol. The normalized spacial score (nSPS) is 10.3. The Morgan fingerprint density at radius 2 is 1.90 bits per heavy atom. The summed E-state index contributed by atoms with van der Waals surface area (Å²) >= 11 is 0. The van der Waals surface area contributed by atoms with E-state index in [9.17, 15) is 10.1 Å². The lowest BCUT2D eigenvalue weighted by atomic mass is 10.1. The predicted molar refractivity (Wildman–Crippen MR) is 81.2 cm³/mol. The molecule has 0 saturated heterocycles. The average Bonchev–Trinajstić information content (AvgIpc) is 2.38. The molecule has 2 aromatic rings. The van der Waals surface area contributed by atoms with Crippen molar-refractivity contribution in [3.63, 3.8) is 0 Å². The van der Waals surface area contributed by atoms with Crippen molar-refractivity contribution in [1.82, 2.24) is 0 Å². The van der Waals surface area contributed by atoms with Crippen LogP contribution in [0.1, 0.15) is 16.7 Å². The molecule has 0 aliphatic carbocycles. The van der Waals surface area contributed by atoms with E-state index in [0.29, 0.717) is 17.8 Å². The van der Waals surface area contributed by atoms with E-state index in [2.05, 4.69) is 30.4 Å². The summed E-state index contributed by atoms with van der Waals surface area (Å²) in [5.41, 5.74) is 3.88. The maximum Gasteiger partial charge on any atom is 0.295 e. The lowest BCUT2D eigenvalue weighted by Gasteiger charge is -2.09. The van der Waals surface area contributed by atoms with Gasteiger partial charge in [0.15, 0.2) is 0 Å². The molecule has 0 aliphatic rings. The molecule has 0 saturated carbocycles. The zero-order chi connectivity index (χ0) is 14.5. The molecule has 2 aromatic carbocycles. The zero-order valence-corrected chi connectivity index (χ0v) is 11.7. The van der Waals surface area contributed by atoms with Gasteiger partial charge in [-0.2, -0.15) is 0 Å². The van der Waals surface area contributed by atoms with Crippen LogP contribution in [0.4, 0.5) is 11.4 Å². The van der Waals surface area contributed by atoms with Crippen molar-refractivity contribution in [2.75, 3.05) is 11.9 Å². The lowest BCUT2D eigenvalue weighted by molar-refractivity contribution is -0.384. The van der Waals surface area contributed by atoms with Crippen LogP contribution < -0.4 is 5.32 Å². The third kappa shape index (κ3) is 3.35. The summed E-state index contributed by atoms with van der Waals surface area (Å²) in [5.74, 6) is 0. The van der Waals surface area contributed by atoms with Gasteiger partial charge in [-0.1, -0.05) is 42.0 Å². The van der Waals surface area contributed by atoms with Crippen LogP contribution >= 0.6 is 0 Å². The van der Waals surface area contributed by atoms with Crippen molar-refractivity contribution in [3.05, 3.63) is 69.3 Å². The highest BCUT2D eigenvalue weighted by Gasteiger charge is 2.15. The molecular formula is C16H18N2O2. The Balaban J connectivity index is 2.05. The molecule has 0 radical (unpaired) electrons. The van der Waals surface area contributed by atoms with E-state index >= 15 is 0 Å². The molecule has 0 aliphatic heterocycles. The molecule has 104 valence electrons. The Morgan fingerprint density at radius 3 is 2.60 bits per heavy atom. The summed E-state index contributed by atoms with van der Waals surface area (Å²) in [4.78, 5) is 10.8. The summed E-state index contributed by atoms with van der Waals surface area (Å²) in [5, 5.41) is 14.2. The van der Waals surface area contributed by atoms with Gasteiger partial charge in [-0.05, 0) is 31.9 Å². The summed E-state index contributed by atoms with van der Waals surface area (Å²) in [6.07, 6.45) is 0.840. The number of para-hydroxylation sites is 1. The van der Waals surface area contributed by atoms with Gasteiger partial charge in [-0.15, -0.1) is 0 Å². The van der Waals surface area contributed by atoms with Crippen LogP contribution in [0, 0.1) is 24.0 Å². The van der Waals surface area contributed by atoms with Crippen LogP contribution in [0.2, 0.25) is 0 Å². The van der Waals surface area contributed by atoms with Gasteiger partial charge in [0.25, 0.3) is 5.69 Å². The van der Waals surface area contributed by atoms with Crippen molar-refractivity contribution in [3.8, 4) is 0 Å². The third-order valence-corrected chi connectivity index (χ3v) is 3.23. The number of nitrogens with zero attached hydrogens (tertiary/aromatic N) is 1. The van der Waals surface area contributed by atoms with Crippen molar-refractivity contribution in [2.24, 2.45) is 0 Å². The molecule has 0 heterocycles. The summed E-state index contributed by atoms with van der Waals surface area (Å²) < 4.78 is 0. The zero-order valence-electron chi connectivity index (χ0n) is 11.7. The number of nitro benzene ring substituents is 1. The molecule has 0 bridgehead atoms. The number of hydrogen-bond donors (Lipinski definition) is 1. The van der Waals surface area contributed by atoms with Gasteiger partial charge < -0.3 is 5.32 Å². The number of anilines is 1. The SMILES string of the molecule is Cc1cccc(CCNc2cccc(C)c2[N+](=O)[O-])c1. The van der Waals surface area contributed by atoms with Crippen molar-refractivity contribution in [2.45, 2.75) is 20.3 Å². The highest BCUT2D eigenvalue weighted by atomic mass is 16.6. The molecule has 4 nitrogen and oxygen atoms in total. The molecule has 0 unspecified atom stereocenters. The van der Waals surface area contributed by atoms with E-state index in [0.717, 1.165) is 6.42 Å². The fourth-order valence-corrected chi connectivity index (χ4v) is 2.25. The quantitative estimate of drug-likeness (QED) is 0.663. The molecule has 0 atom stereocenters. The molecule has 0 fully saturated rings. The van der Waals surface area contributed by atoms with Gasteiger partial charge in [-0.25, -0.2) is 0 Å². The Kier molecular flexibility index (Phi) is 4.35. The molecule has 4 heteroatoms. The third-order valence-electron chi connectivity index (χ3n) is 3.23. The number of rotatable bonds is 5. The van der Waals surface area contributed by atoms with E-state index in [1.54, 1.807) is 19.1 Å². The standard InChI is InChI=1S/C16H18N2O2/c1-12-5-3-7-14(11-12)9-10-17-15-8-4-6-13(2)16(15)18(19)20/h3-8,11,17H,9-10H2,1-2H3. The Bertz CT molecular complexity index is 624. The molecular weight excluding hydrogens is 252 g/mol. The van der Waals surface area contributed by atoms with Crippen LogP contribution in [0.15, 0.2) is 42.5 Å². The van der Waals surface area contributed by atoms with Crippen LogP contribution in [0.25, 0.3) is 0 Å². The van der Waals surface area contributed by atoms with Gasteiger partial charge in [0, 0.05) is 12.1 Å². The van der Waals surface area contributed by atoms with Crippen LogP contribution in [-0.4, -0.2) is 11.5 Å². The van der Waals surface area contributed by atoms with Gasteiger partial charge in [0.2, 0.25) is 0 Å². The van der Waals surface area contributed by atoms with Crippen molar-refractivity contribution in [1.29, 1.82) is 0 Å². The number of benzene rings is 2. The fourth-order valence-electron chi connectivity index (χ4n) is 2.25. The maximum atomic E-state index is 11.1. The number of aryl methyl sites for hydroxylation is 2. The molecule has 2 rings (SSSR count). The first kappa shape index (κ1) is 14.1. The summed E-state index contributed by atoms with van der Waals surface area (Å²) in [7, 11) is 0. The second-order valence-corrected chi connectivity index (χ2v) is 4.89. The minimum Gasteiger partial charge on any atom is -0.379 e. The Labute approximate surface area is 118 Å². The highest BCUT2D eigenvalue weighted by Crippen LogP contribution is 2.27. The Morgan fingerprint density at radius 1 is 1.15 bits per heavy atom. The van der Waals surface area contributed by atoms with E-state index in [1.165, 1.54) is 11.1 Å². The van der Waals surface area contributed by atoms with E-state index in [-0.39, 0.29) is 10.6 Å². The van der Waals surface area contributed by atoms with E-state index in [4.69, 9.17) is 0 Å². The topological polar surface area (TPSA) is 55.2 Å². The number of nitrogens with one attached hydrogen (secondary N) is 1. The van der Waals surface area contributed by atoms with Gasteiger partial charge in [-0.3, -0.25) is 10.1 Å². The van der Waals surface area contributed by atoms with Crippen LogP contribution in [0.5, 0.6) is 0 Å². The number of hydrogen-bond acceptors (Lipinski definition) is 3. The van der Waals surface area contributed by atoms with Crippen LogP contribution in [-0.2, 0) is 6.42 Å². The minimum atomic E-state index is -0.329. The van der Waals surface area contributed by atoms with Gasteiger partial charge in [0.1, 0.15) is 5.69 Å². The Hall–Kier alpha value is -2.36. The molecule has 1 N–H and O–H groups in total. The summed E-state index contributed by atoms with van der Waals surface area (Å²) in [6.45, 7) is 4.49. The monoisotopic (exact) mass is 270 g/mol. The lowest BCUT2D eigenvalue weighted by Crippen LogP contribution is -2.07. The van der Waals surface area contributed by atoms with Gasteiger partial charge >= 0.3 is 0 Å². The minimum absolute atomic E-state index is 0.164. The second kappa shape index (κ2) is 6.19. The molecule has 0 amide bonds.